The Morgan fingerprint density at radius 2 is 2.08 bits per heavy atom. The minimum absolute atomic E-state index is 0.143. The first-order valence-corrected chi connectivity index (χ1v) is 9.31. The fourth-order valence-electron chi connectivity index (χ4n) is 4.38. The van der Waals surface area contributed by atoms with Gasteiger partial charge in [0.25, 0.3) is 0 Å². The standard InChI is InChI=1S/C20H31N3O/c1-4-23(17-7-5-6-16(2)14-17)13-12-22-18(24)19(3)15-20(19)8-10-21-11-9-20/h5-7,14,21H,4,8-13,15H2,1-3H3,(H,22,24). The van der Waals surface area contributed by atoms with E-state index in [1.165, 1.54) is 11.3 Å². The van der Waals surface area contributed by atoms with Crippen molar-refractivity contribution in [2.24, 2.45) is 10.8 Å². The van der Waals surface area contributed by atoms with Crippen molar-refractivity contribution < 1.29 is 4.79 Å². The van der Waals surface area contributed by atoms with Crippen LogP contribution >= 0.6 is 0 Å². The van der Waals surface area contributed by atoms with Crippen molar-refractivity contribution in [1.82, 2.24) is 10.6 Å². The van der Waals surface area contributed by atoms with E-state index in [0.29, 0.717) is 6.54 Å². The highest BCUT2D eigenvalue weighted by atomic mass is 16.2. The molecule has 3 rings (SSSR count). The Balaban J connectivity index is 1.51. The zero-order valence-corrected chi connectivity index (χ0v) is 15.3. The average Bonchev–Trinajstić information content (AvgIpc) is 3.16. The number of aryl methyl sites for hydroxylation is 1. The van der Waals surface area contributed by atoms with Crippen molar-refractivity contribution in [1.29, 1.82) is 0 Å². The molecule has 24 heavy (non-hydrogen) atoms. The summed E-state index contributed by atoms with van der Waals surface area (Å²) >= 11 is 0. The predicted octanol–water partition coefficient (Wildman–Crippen LogP) is 2.72. The number of amides is 1. The summed E-state index contributed by atoms with van der Waals surface area (Å²) in [4.78, 5) is 15.0. The Morgan fingerprint density at radius 3 is 2.75 bits per heavy atom. The first kappa shape index (κ1) is 17.3. The molecule has 0 aromatic heterocycles. The SMILES string of the molecule is CCN(CCNC(=O)C1(C)CC12CCNCC2)c1cccc(C)c1. The number of carbonyl (C=O) groups excluding carboxylic acids is 1. The lowest BCUT2D eigenvalue weighted by Crippen LogP contribution is -2.41. The Labute approximate surface area is 146 Å². The summed E-state index contributed by atoms with van der Waals surface area (Å²) in [6, 6.07) is 8.56. The molecule has 2 fully saturated rings. The van der Waals surface area contributed by atoms with Gasteiger partial charge in [-0.2, -0.15) is 0 Å². The van der Waals surface area contributed by atoms with Gasteiger partial charge in [0.05, 0.1) is 5.41 Å². The molecule has 1 aromatic carbocycles. The van der Waals surface area contributed by atoms with Gasteiger partial charge in [-0.15, -0.1) is 0 Å². The zero-order chi connectivity index (χ0) is 17.2. The van der Waals surface area contributed by atoms with Gasteiger partial charge in [0.15, 0.2) is 0 Å². The third-order valence-corrected chi connectivity index (χ3v) is 6.22. The molecule has 1 unspecified atom stereocenters. The molecule has 2 aliphatic rings. The smallest absolute Gasteiger partial charge is 0.226 e. The second kappa shape index (κ2) is 6.75. The number of rotatable bonds is 6. The van der Waals surface area contributed by atoms with Crippen LogP contribution in [0.15, 0.2) is 24.3 Å². The largest absolute Gasteiger partial charge is 0.370 e. The molecule has 1 spiro atoms. The summed E-state index contributed by atoms with van der Waals surface area (Å²) in [7, 11) is 0. The molecule has 1 amide bonds. The van der Waals surface area contributed by atoms with E-state index in [1.807, 2.05) is 0 Å². The quantitative estimate of drug-likeness (QED) is 0.843. The first-order valence-electron chi connectivity index (χ1n) is 9.31. The number of likely N-dealkylation sites (N-methyl/N-ethyl adjacent to an activating group) is 1. The Kier molecular flexibility index (Phi) is 4.86. The van der Waals surface area contributed by atoms with Crippen LogP contribution in [0, 0.1) is 17.8 Å². The van der Waals surface area contributed by atoms with E-state index in [1.54, 1.807) is 0 Å². The Hall–Kier alpha value is -1.55. The number of hydrogen-bond donors (Lipinski definition) is 2. The van der Waals surface area contributed by atoms with E-state index < -0.39 is 0 Å². The number of piperidine rings is 1. The number of hydrogen-bond acceptors (Lipinski definition) is 3. The third kappa shape index (κ3) is 3.16. The van der Waals surface area contributed by atoms with Crippen LogP contribution in [0.2, 0.25) is 0 Å². The summed E-state index contributed by atoms with van der Waals surface area (Å²) in [6.07, 6.45) is 3.34. The average molecular weight is 329 g/mol. The van der Waals surface area contributed by atoms with Gasteiger partial charge >= 0.3 is 0 Å². The fourth-order valence-corrected chi connectivity index (χ4v) is 4.38. The zero-order valence-electron chi connectivity index (χ0n) is 15.3. The van der Waals surface area contributed by atoms with Gasteiger partial charge in [0.2, 0.25) is 5.91 Å². The van der Waals surface area contributed by atoms with Gasteiger partial charge in [0, 0.05) is 25.3 Å². The molecule has 4 heteroatoms. The molecule has 1 aliphatic carbocycles. The molecule has 1 heterocycles. The topological polar surface area (TPSA) is 44.4 Å². The van der Waals surface area contributed by atoms with Gasteiger partial charge in [-0.05, 0) is 69.3 Å². The Morgan fingerprint density at radius 1 is 1.33 bits per heavy atom. The Bertz CT molecular complexity index is 594. The van der Waals surface area contributed by atoms with Crippen molar-refractivity contribution in [3.8, 4) is 0 Å². The van der Waals surface area contributed by atoms with Crippen molar-refractivity contribution in [2.75, 3.05) is 37.6 Å². The minimum Gasteiger partial charge on any atom is -0.370 e. The minimum atomic E-state index is -0.143. The van der Waals surface area contributed by atoms with Gasteiger partial charge in [-0.1, -0.05) is 19.1 Å². The summed E-state index contributed by atoms with van der Waals surface area (Å²) in [5, 5.41) is 6.61. The molecule has 4 nitrogen and oxygen atoms in total. The highest BCUT2D eigenvalue weighted by Crippen LogP contribution is 2.68. The molecule has 1 atom stereocenters. The predicted molar refractivity (Wildman–Crippen MR) is 99.3 cm³/mol. The van der Waals surface area contributed by atoms with Gasteiger partial charge in [-0.25, -0.2) is 0 Å². The van der Waals surface area contributed by atoms with E-state index in [2.05, 4.69) is 60.6 Å². The molecular weight excluding hydrogens is 298 g/mol. The third-order valence-electron chi connectivity index (χ3n) is 6.22. The normalized spacial score (nSPS) is 24.6. The molecule has 1 aliphatic heterocycles. The monoisotopic (exact) mass is 329 g/mol. The lowest BCUT2D eigenvalue weighted by molar-refractivity contribution is -0.127. The fraction of sp³-hybridized carbons (Fsp3) is 0.650. The van der Waals surface area contributed by atoms with Gasteiger partial charge in [0.1, 0.15) is 0 Å². The lowest BCUT2D eigenvalue weighted by atomic mass is 9.85. The van der Waals surface area contributed by atoms with E-state index in [0.717, 1.165) is 45.4 Å². The van der Waals surface area contributed by atoms with E-state index in [-0.39, 0.29) is 16.7 Å². The van der Waals surface area contributed by atoms with Crippen molar-refractivity contribution in [3.63, 3.8) is 0 Å². The lowest BCUT2D eigenvalue weighted by Gasteiger charge is -2.28. The summed E-state index contributed by atoms with van der Waals surface area (Å²) in [5.74, 6) is 0.254. The number of benzene rings is 1. The van der Waals surface area contributed by atoms with Crippen molar-refractivity contribution in [2.45, 2.75) is 40.0 Å². The molecule has 0 bridgehead atoms. The van der Waals surface area contributed by atoms with Crippen molar-refractivity contribution in [3.05, 3.63) is 29.8 Å². The van der Waals surface area contributed by atoms with Crippen LogP contribution in [0.4, 0.5) is 5.69 Å². The maximum Gasteiger partial charge on any atom is 0.226 e. The highest BCUT2D eigenvalue weighted by molar-refractivity contribution is 5.86. The van der Waals surface area contributed by atoms with Crippen LogP contribution in [-0.4, -0.2) is 38.6 Å². The van der Waals surface area contributed by atoms with Gasteiger partial charge in [-0.3, -0.25) is 4.79 Å². The first-order chi connectivity index (χ1) is 11.5. The van der Waals surface area contributed by atoms with Crippen LogP contribution in [0.25, 0.3) is 0 Å². The van der Waals surface area contributed by atoms with E-state index in [4.69, 9.17) is 0 Å². The second-order valence-electron chi connectivity index (χ2n) is 7.71. The van der Waals surface area contributed by atoms with Crippen LogP contribution in [0.3, 0.4) is 0 Å². The van der Waals surface area contributed by atoms with Gasteiger partial charge < -0.3 is 15.5 Å². The van der Waals surface area contributed by atoms with E-state index in [9.17, 15) is 4.79 Å². The highest BCUT2D eigenvalue weighted by Gasteiger charge is 2.67. The maximum atomic E-state index is 12.7. The summed E-state index contributed by atoms with van der Waals surface area (Å²) < 4.78 is 0. The molecular formula is C20H31N3O. The van der Waals surface area contributed by atoms with Crippen LogP contribution < -0.4 is 15.5 Å². The molecule has 132 valence electrons. The molecule has 1 aromatic rings. The number of anilines is 1. The van der Waals surface area contributed by atoms with E-state index >= 15 is 0 Å². The molecule has 2 N–H and O–H groups in total. The number of nitrogens with one attached hydrogen (secondary N) is 2. The van der Waals surface area contributed by atoms with Crippen LogP contribution in [0.1, 0.15) is 38.7 Å². The maximum absolute atomic E-state index is 12.7. The number of carbonyl (C=O) groups is 1. The molecule has 1 saturated heterocycles. The van der Waals surface area contributed by atoms with Crippen molar-refractivity contribution >= 4 is 11.6 Å². The number of nitrogens with zero attached hydrogens (tertiary/aromatic N) is 1. The second-order valence-corrected chi connectivity index (χ2v) is 7.71. The summed E-state index contributed by atoms with van der Waals surface area (Å²) in [6.45, 7) is 11.1. The van der Waals surface area contributed by atoms with Crippen LogP contribution in [0.5, 0.6) is 0 Å². The molecule has 0 radical (unpaired) electrons. The summed E-state index contributed by atoms with van der Waals surface area (Å²) in [5.41, 5.74) is 2.63. The molecule has 1 saturated carbocycles. The van der Waals surface area contributed by atoms with Crippen LogP contribution in [-0.2, 0) is 4.79 Å².